The number of esters is 2. The van der Waals surface area contributed by atoms with Gasteiger partial charge in [-0.15, -0.1) is 0 Å². The van der Waals surface area contributed by atoms with Gasteiger partial charge in [-0.2, -0.15) is 0 Å². The SMILES string of the molecule is COC(=O)c1ccc2c(c1)N(C)C(=O)C21CC(C(=O)OC)(c2ccccc2)c2ccccc21. The molecule has 3 aromatic carbocycles. The minimum absolute atomic E-state index is 0.145. The van der Waals surface area contributed by atoms with Gasteiger partial charge in [-0.1, -0.05) is 60.7 Å². The second-order valence-corrected chi connectivity index (χ2v) is 8.48. The number of methoxy groups -OCH3 is 2. The summed E-state index contributed by atoms with van der Waals surface area (Å²) in [6, 6.07) is 22.2. The number of rotatable bonds is 3. The number of fused-ring (bicyclic) bond motifs is 4. The number of hydrogen-bond acceptors (Lipinski definition) is 5. The predicted molar refractivity (Wildman–Crippen MR) is 122 cm³/mol. The molecule has 33 heavy (non-hydrogen) atoms. The van der Waals surface area contributed by atoms with Crippen molar-refractivity contribution in [2.45, 2.75) is 17.3 Å². The zero-order chi connectivity index (χ0) is 23.4. The molecule has 1 spiro atoms. The van der Waals surface area contributed by atoms with Crippen LogP contribution in [0.2, 0.25) is 0 Å². The second kappa shape index (κ2) is 7.30. The molecule has 1 heterocycles. The van der Waals surface area contributed by atoms with E-state index in [9.17, 15) is 14.4 Å². The van der Waals surface area contributed by atoms with E-state index >= 15 is 0 Å². The molecule has 5 rings (SSSR count). The van der Waals surface area contributed by atoms with Crippen molar-refractivity contribution in [1.82, 2.24) is 0 Å². The number of amides is 1. The summed E-state index contributed by atoms with van der Waals surface area (Å²) in [5.41, 5.74) is 1.84. The fourth-order valence-corrected chi connectivity index (χ4v) is 5.63. The number of benzene rings is 3. The highest BCUT2D eigenvalue weighted by atomic mass is 16.5. The molecule has 0 saturated heterocycles. The predicted octanol–water partition coefficient (Wildman–Crippen LogP) is 3.60. The zero-order valence-corrected chi connectivity index (χ0v) is 18.6. The normalized spacial score (nSPS) is 22.8. The minimum Gasteiger partial charge on any atom is -0.468 e. The first kappa shape index (κ1) is 20.9. The summed E-state index contributed by atoms with van der Waals surface area (Å²) >= 11 is 0. The number of carbonyl (C=O) groups excluding carboxylic acids is 3. The molecule has 0 saturated carbocycles. The Bertz CT molecular complexity index is 1300. The monoisotopic (exact) mass is 441 g/mol. The number of carbonyl (C=O) groups is 3. The molecule has 1 aliphatic heterocycles. The lowest BCUT2D eigenvalue weighted by atomic mass is 9.70. The summed E-state index contributed by atoms with van der Waals surface area (Å²) in [5.74, 6) is -1.03. The summed E-state index contributed by atoms with van der Waals surface area (Å²) in [5, 5.41) is 0. The number of hydrogen-bond donors (Lipinski definition) is 0. The van der Waals surface area contributed by atoms with Crippen LogP contribution in [0.3, 0.4) is 0 Å². The van der Waals surface area contributed by atoms with Crippen molar-refractivity contribution >= 4 is 23.5 Å². The van der Waals surface area contributed by atoms with Gasteiger partial charge in [0.05, 0.1) is 19.8 Å². The number of nitrogens with zero attached hydrogens (tertiary/aromatic N) is 1. The van der Waals surface area contributed by atoms with E-state index < -0.39 is 22.8 Å². The van der Waals surface area contributed by atoms with Crippen molar-refractivity contribution in [2.75, 3.05) is 26.2 Å². The molecule has 1 aliphatic carbocycles. The first-order valence-corrected chi connectivity index (χ1v) is 10.7. The lowest BCUT2D eigenvalue weighted by Crippen LogP contribution is -2.43. The molecule has 6 nitrogen and oxygen atoms in total. The molecule has 0 bridgehead atoms. The van der Waals surface area contributed by atoms with Crippen molar-refractivity contribution in [1.29, 1.82) is 0 Å². The van der Waals surface area contributed by atoms with Gasteiger partial charge in [0, 0.05) is 12.7 Å². The largest absolute Gasteiger partial charge is 0.468 e. The molecule has 6 heteroatoms. The third kappa shape index (κ3) is 2.58. The van der Waals surface area contributed by atoms with E-state index in [0.29, 0.717) is 11.3 Å². The van der Waals surface area contributed by atoms with Crippen LogP contribution >= 0.6 is 0 Å². The molecule has 0 radical (unpaired) electrons. The summed E-state index contributed by atoms with van der Waals surface area (Å²) in [7, 11) is 4.39. The summed E-state index contributed by atoms with van der Waals surface area (Å²) in [6.07, 6.45) is 0.198. The van der Waals surface area contributed by atoms with Crippen molar-refractivity contribution < 1.29 is 23.9 Å². The summed E-state index contributed by atoms with van der Waals surface area (Å²) in [6.45, 7) is 0. The molecular formula is C27H23NO5. The van der Waals surface area contributed by atoms with Gasteiger partial charge < -0.3 is 14.4 Å². The Morgan fingerprint density at radius 1 is 0.848 bits per heavy atom. The van der Waals surface area contributed by atoms with Gasteiger partial charge >= 0.3 is 11.9 Å². The molecule has 166 valence electrons. The highest BCUT2D eigenvalue weighted by Gasteiger charge is 2.64. The Balaban J connectivity index is 1.82. The van der Waals surface area contributed by atoms with Gasteiger partial charge in [0.2, 0.25) is 5.91 Å². The molecule has 2 aliphatic rings. The fraction of sp³-hybridized carbons (Fsp3) is 0.222. The first-order chi connectivity index (χ1) is 15.9. The van der Waals surface area contributed by atoms with Crippen LogP contribution in [0.25, 0.3) is 0 Å². The van der Waals surface area contributed by atoms with Gasteiger partial charge in [0.1, 0.15) is 10.8 Å². The topological polar surface area (TPSA) is 72.9 Å². The van der Waals surface area contributed by atoms with Gasteiger partial charge in [0.25, 0.3) is 0 Å². The highest BCUT2D eigenvalue weighted by Crippen LogP contribution is 2.60. The van der Waals surface area contributed by atoms with Crippen molar-refractivity contribution in [3.63, 3.8) is 0 Å². The van der Waals surface area contributed by atoms with Crippen LogP contribution < -0.4 is 4.90 Å². The van der Waals surface area contributed by atoms with E-state index in [1.54, 1.807) is 30.1 Å². The van der Waals surface area contributed by atoms with Crippen LogP contribution in [-0.2, 0) is 29.9 Å². The van der Waals surface area contributed by atoms with Crippen LogP contribution in [0.1, 0.15) is 39.0 Å². The Kier molecular flexibility index (Phi) is 4.64. The van der Waals surface area contributed by atoms with Gasteiger partial charge in [0.15, 0.2) is 0 Å². The van der Waals surface area contributed by atoms with Crippen LogP contribution in [-0.4, -0.2) is 39.1 Å². The Morgan fingerprint density at radius 3 is 2.18 bits per heavy atom. The molecule has 1 amide bonds. The summed E-state index contributed by atoms with van der Waals surface area (Å²) in [4.78, 5) is 41.2. The van der Waals surface area contributed by atoms with Gasteiger partial charge in [-0.25, -0.2) is 4.79 Å². The number of ether oxygens (including phenoxy) is 2. The van der Waals surface area contributed by atoms with E-state index in [-0.39, 0.29) is 12.3 Å². The van der Waals surface area contributed by atoms with Crippen molar-refractivity contribution in [3.05, 3.63) is 101 Å². The zero-order valence-electron chi connectivity index (χ0n) is 18.6. The van der Waals surface area contributed by atoms with Crippen LogP contribution in [0, 0.1) is 0 Å². The average molecular weight is 441 g/mol. The average Bonchev–Trinajstić information content (AvgIpc) is 3.30. The summed E-state index contributed by atoms with van der Waals surface area (Å²) < 4.78 is 10.2. The molecule has 3 aromatic rings. The number of anilines is 1. The molecule has 0 aromatic heterocycles. The molecule has 0 N–H and O–H groups in total. The van der Waals surface area contributed by atoms with E-state index in [1.807, 2.05) is 54.6 Å². The van der Waals surface area contributed by atoms with Crippen molar-refractivity contribution in [3.8, 4) is 0 Å². The first-order valence-electron chi connectivity index (χ1n) is 10.7. The fourth-order valence-electron chi connectivity index (χ4n) is 5.63. The molecular weight excluding hydrogens is 418 g/mol. The quantitative estimate of drug-likeness (QED) is 0.581. The lowest BCUT2D eigenvalue weighted by molar-refractivity contribution is -0.146. The number of likely N-dealkylation sites (N-methyl/N-ethyl adjacent to an activating group) is 1. The molecule has 2 atom stereocenters. The third-order valence-corrected chi connectivity index (χ3v) is 7.09. The van der Waals surface area contributed by atoms with Gasteiger partial charge in [-0.05, 0) is 40.8 Å². The molecule has 0 fully saturated rings. The minimum atomic E-state index is -1.15. The maximum absolute atomic E-state index is 14.0. The maximum atomic E-state index is 14.0. The van der Waals surface area contributed by atoms with Crippen molar-refractivity contribution in [2.24, 2.45) is 0 Å². The van der Waals surface area contributed by atoms with E-state index in [0.717, 1.165) is 22.3 Å². The standard InChI is InChI=1S/C27H23NO5/c1-28-22-15-17(23(29)32-2)13-14-21(22)27(24(28)30)16-26(25(31)33-3,18-9-5-4-6-10-18)19-11-7-8-12-20(19)27/h4-15H,16H2,1-3H3. The van der Waals surface area contributed by atoms with E-state index in [2.05, 4.69) is 0 Å². The van der Waals surface area contributed by atoms with E-state index in [1.165, 1.54) is 14.2 Å². The third-order valence-electron chi connectivity index (χ3n) is 7.09. The Hall–Kier alpha value is -3.93. The lowest BCUT2D eigenvalue weighted by Gasteiger charge is -2.30. The Labute approximate surface area is 191 Å². The highest BCUT2D eigenvalue weighted by molar-refractivity contribution is 6.13. The van der Waals surface area contributed by atoms with E-state index in [4.69, 9.17) is 9.47 Å². The van der Waals surface area contributed by atoms with Crippen LogP contribution in [0.15, 0.2) is 72.8 Å². The van der Waals surface area contributed by atoms with Gasteiger partial charge in [-0.3, -0.25) is 9.59 Å². The maximum Gasteiger partial charge on any atom is 0.337 e. The smallest absolute Gasteiger partial charge is 0.337 e. The Morgan fingerprint density at radius 2 is 1.52 bits per heavy atom. The van der Waals surface area contributed by atoms with Crippen LogP contribution in [0.4, 0.5) is 5.69 Å². The second-order valence-electron chi connectivity index (χ2n) is 8.48. The van der Waals surface area contributed by atoms with Crippen LogP contribution in [0.5, 0.6) is 0 Å². The molecule has 2 unspecified atom stereocenters.